The number of benzene rings is 1. The van der Waals surface area contributed by atoms with Crippen molar-refractivity contribution in [2.24, 2.45) is 0 Å². The third-order valence-corrected chi connectivity index (χ3v) is 3.07. The highest BCUT2D eigenvalue weighted by Gasteiger charge is 2.30. The van der Waals surface area contributed by atoms with Gasteiger partial charge in [-0.1, -0.05) is 42.1 Å². The van der Waals surface area contributed by atoms with Gasteiger partial charge in [-0.3, -0.25) is 0 Å². The minimum absolute atomic E-state index is 0.163. The van der Waals surface area contributed by atoms with E-state index in [1.165, 1.54) is 11.8 Å². The lowest BCUT2D eigenvalue weighted by molar-refractivity contribution is -0.144. The molecule has 0 unspecified atom stereocenters. The number of aromatic nitrogens is 4. The smallest absolute Gasteiger partial charge is 0.211 e. The van der Waals surface area contributed by atoms with Crippen molar-refractivity contribution in [3.8, 4) is 0 Å². The van der Waals surface area contributed by atoms with Crippen LogP contribution in [0.4, 0.5) is 13.2 Å². The second kappa shape index (κ2) is 5.38. The highest BCUT2D eigenvalue weighted by Crippen LogP contribution is 2.23. The van der Waals surface area contributed by atoms with Gasteiger partial charge in [-0.05, 0) is 16.0 Å². The zero-order valence-corrected chi connectivity index (χ0v) is 9.95. The molecular formula is C10H9F3N4S. The Balaban J connectivity index is 2.00. The van der Waals surface area contributed by atoms with Crippen molar-refractivity contribution in [1.29, 1.82) is 0 Å². The van der Waals surface area contributed by atoms with Gasteiger partial charge < -0.3 is 0 Å². The summed E-state index contributed by atoms with van der Waals surface area (Å²) >= 11 is 1.17. The Morgan fingerprint density at radius 3 is 2.56 bits per heavy atom. The molecule has 0 bridgehead atoms. The van der Waals surface area contributed by atoms with Gasteiger partial charge in [-0.25, -0.2) is 4.68 Å². The van der Waals surface area contributed by atoms with E-state index in [0.717, 1.165) is 10.2 Å². The molecule has 96 valence electrons. The third kappa shape index (κ3) is 3.73. The molecule has 2 aromatic rings. The maximum atomic E-state index is 12.2. The monoisotopic (exact) mass is 274 g/mol. The van der Waals surface area contributed by atoms with Gasteiger partial charge >= 0.3 is 6.18 Å². The van der Waals surface area contributed by atoms with E-state index < -0.39 is 12.7 Å². The first kappa shape index (κ1) is 12.9. The van der Waals surface area contributed by atoms with Crippen LogP contribution >= 0.6 is 11.8 Å². The molecule has 0 fully saturated rings. The molecule has 0 atom stereocenters. The van der Waals surface area contributed by atoms with Crippen LogP contribution in [0.5, 0.6) is 0 Å². The van der Waals surface area contributed by atoms with E-state index in [9.17, 15) is 13.2 Å². The second-order valence-corrected chi connectivity index (χ2v) is 4.45. The number of tetrazole rings is 1. The molecular weight excluding hydrogens is 265 g/mol. The predicted molar refractivity (Wildman–Crippen MR) is 59.9 cm³/mol. The van der Waals surface area contributed by atoms with Crippen LogP contribution in [0, 0.1) is 0 Å². The summed E-state index contributed by atoms with van der Waals surface area (Å²) < 4.78 is 37.5. The van der Waals surface area contributed by atoms with E-state index in [2.05, 4.69) is 15.5 Å². The number of alkyl halides is 3. The lowest BCUT2D eigenvalue weighted by Crippen LogP contribution is -2.19. The van der Waals surface area contributed by atoms with Crippen molar-refractivity contribution in [2.75, 3.05) is 0 Å². The molecule has 4 nitrogen and oxygen atoms in total. The fourth-order valence-electron chi connectivity index (χ4n) is 1.29. The van der Waals surface area contributed by atoms with Gasteiger partial charge in [0.15, 0.2) is 0 Å². The Morgan fingerprint density at radius 1 is 1.17 bits per heavy atom. The van der Waals surface area contributed by atoms with Crippen LogP contribution in [-0.2, 0) is 12.3 Å². The minimum atomic E-state index is -4.32. The summed E-state index contributed by atoms with van der Waals surface area (Å²) in [6.45, 7) is -1.17. The zero-order valence-electron chi connectivity index (χ0n) is 9.13. The molecule has 0 N–H and O–H groups in total. The lowest BCUT2D eigenvalue weighted by atomic mass is 10.2. The fraction of sp³-hybridized carbons (Fsp3) is 0.300. The van der Waals surface area contributed by atoms with Crippen LogP contribution in [-0.4, -0.2) is 26.4 Å². The summed E-state index contributed by atoms with van der Waals surface area (Å²) in [6.07, 6.45) is -4.32. The van der Waals surface area contributed by atoms with Gasteiger partial charge in [0.2, 0.25) is 5.16 Å². The first-order chi connectivity index (χ1) is 8.54. The quantitative estimate of drug-likeness (QED) is 0.804. The van der Waals surface area contributed by atoms with Crippen LogP contribution in [0.3, 0.4) is 0 Å². The Hall–Kier alpha value is -1.57. The number of nitrogens with zero attached hydrogens (tertiary/aromatic N) is 4. The van der Waals surface area contributed by atoms with Crippen LogP contribution < -0.4 is 0 Å². The normalized spacial score (nSPS) is 11.7. The van der Waals surface area contributed by atoms with Crippen molar-refractivity contribution in [3.05, 3.63) is 35.9 Å². The maximum Gasteiger partial charge on any atom is 0.408 e. The highest BCUT2D eigenvalue weighted by atomic mass is 32.2. The Labute approximate surface area is 105 Å². The van der Waals surface area contributed by atoms with Crippen molar-refractivity contribution < 1.29 is 13.2 Å². The standard InChI is InChI=1S/C10H9F3N4S/c11-10(12,13)7-17-9(14-15-16-17)18-6-8-4-2-1-3-5-8/h1-5H,6-7H2. The number of rotatable bonds is 4. The summed E-state index contributed by atoms with van der Waals surface area (Å²) in [5.41, 5.74) is 1.00. The molecule has 0 saturated heterocycles. The fourth-order valence-corrected chi connectivity index (χ4v) is 2.12. The van der Waals surface area contributed by atoms with E-state index in [0.29, 0.717) is 5.75 Å². The number of halogens is 3. The van der Waals surface area contributed by atoms with Crippen molar-refractivity contribution in [3.63, 3.8) is 0 Å². The van der Waals surface area contributed by atoms with Crippen LogP contribution in [0.2, 0.25) is 0 Å². The Kier molecular flexibility index (Phi) is 3.85. The second-order valence-electron chi connectivity index (χ2n) is 3.51. The van der Waals surface area contributed by atoms with Crippen LogP contribution in [0.15, 0.2) is 35.5 Å². The zero-order chi connectivity index (χ0) is 13.0. The molecule has 0 aliphatic heterocycles. The summed E-state index contributed by atoms with van der Waals surface area (Å²) in [6, 6.07) is 9.40. The summed E-state index contributed by atoms with van der Waals surface area (Å²) in [4.78, 5) is 0. The summed E-state index contributed by atoms with van der Waals surface area (Å²) in [7, 11) is 0. The molecule has 1 heterocycles. The van der Waals surface area contributed by atoms with E-state index in [-0.39, 0.29) is 5.16 Å². The molecule has 0 spiro atoms. The molecule has 2 rings (SSSR count). The van der Waals surface area contributed by atoms with Crippen molar-refractivity contribution in [1.82, 2.24) is 20.2 Å². The molecule has 8 heteroatoms. The van der Waals surface area contributed by atoms with E-state index in [4.69, 9.17) is 0 Å². The van der Waals surface area contributed by atoms with Gasteiger partial charge in [0.05, 0.1) is 0 Å². The predicted octanol–water partition coefficient (Wildman–Crippen LogP) is 2.53. The average Bonchev–Trinajstić information content (AvgIpc) is 2.73. The lowest BCUT2D eigenvalue weighted by Gasteiger charge is -2.07. The maximum absolute atomic E-state index is 12.2. The molecule has 1 aromatic carbocycles. The van der Waals surface area contributed by atoms with Crippen molar-refractivity contribution in [2.45, 2.75) is 23.6 Å². The molecule has 0 saturated carbocycles. The molecule has 1 aromatic heterocycles. The van der Waals surface area contributed by atoms with Gasteiger partial charge in [-0.15, -0.1) is 5.10 Å². The van der Waals surface area contributed by atoms with E-state index >= 15 is 0 Å². The molecule has 0 aliphatic rings. The average molecular weight is 274 g/mol. The Bertz CT molecular complexity index is 497. The summed E-state index contributed by atoms with van der Waals surface area (Å²) in [5, 5.41) is 10.3. The van der Waals surface area contributed by atoms with Crippen LogP contribution in [0.25, 0.3) is 0 Å². The van der Waals surface area contributed by atoms with E-state index in [1.807, 2.05) is 30.3 Å². The number of thioether (sulfide) groups is 1. The van der Waals surface area contributed by atoms with Crippen LogP contribution in [0.1, 0.15) is 5.56 Å². The first-order valence-electron chi connectivity index (χ1n) is 5.04. The first-order valence-corrected chi connectivity index (χ1v) is 6.03. The number of hydrogen-bond acceptors (Lipinski definition) is 4. The van der Waals surface area contributed by atoms with Crippen molar-refractivity contribution >= 4 is 11.8 Å². The van der Waals surface area contributed by atoms with Gasteiger partial charge in [0.25, 0.3) is 0 Å². The minimum Gasteiger partial charge on any atom is -0.211 e. The summed E-state index contributed by atoms with van der Waals surface area (Å²) in [5.74, 6) is 0.527. The highest BCUT2D eigenvalue weighted by molar-refractivity contribution is 7.98. The van der Waals surface area contributed by atoms with E-state index in [1.54, 1.807) is 0 Å². The SMILES string of the molecule is FC(F)(F)Cn1nnnc1SCc1ccccc1. The molecule has 0 amide bonds. The molecule has 18 heavy (non-hydrogen) atoms. The number of hydrogen-bond donors (Lipinski definition) is 0. The topological polar surface area (TPSA) is 43.6 Å². The van der Waals surface area contributed by atoms with Gasteiger partial charge in [-0.2, -0.15) is 13.2 Å². The largest absolute Gasteiger partial charge is 0.408 e. The van der Waals surface area contributed by atoms with Gasteiger partial charge in [0, 0.05) is 5.75 Å². The molecule has 0 radical (unpaired) electrons. The molecule has 0 aliphatic carbocycles. The Morgan fingerprint density at radius 2 is 1.89 bits per heavy atom. The van der Waals surface area contributed by atoms with Gasteiger partial charge in [0.1, 0.15) is 6.54 Å². The third-order valence-electron chi connectivity index (χ3n) is 2.04.